The second kappa shape index (κ2) is 8.68. The summed E-state index contributed by atoms with van der Waals surface area (Å²) in [6.07, 6.45) is 8.15. The number of carbonyl (C=O) groups excluding carboxylic acids is 4. The normalized spacial score (nSPS) is 25.2. The van der Waals surface area contributed by atoms with Crippen molar-refractivity contribution < 1.29 is 33.4 Å². The van der Waals surface area contributed by atoms with Crippen molar-refractivity contribution in [3.63, 3.8) is 0 Å². The Bertz CT molecular complexity index is 961. The molecule has 1 saturated heterocycles. The molecule has 0 unspecified atom stereocenters. The van der Waals surface area contributed by atoms with Crippen LogP contribution >= 0.6 is 0 Å². The zero-order valence-corrected chi connectivity index (χ0v) is 18.5. The van der Waals surface area contributed by atoms with Crippen LogP contribution in [-0.4, -0.2) is 47.5 Å². The molecule has 0 aromatic heterocycles. The fourth-order valence-corrected chi connectivity index (χ4v) is 5.37. The molecule has 176 valence electrons. The zero-order chi connectivity index (χ0) is 23.0. The Morgan fingerprint density at radius 3 is 2.33 bits per heavy atom. The predicted octanol–water partition coefficient (Wildman–Crippen LogP) is 2.78. The third-order valence-electron chi connectivity index (χ3n) is 7.02. The molecule has 2 atom stereocenters. The van der Waals surface area contributed by atoms with Gasteiger partial charge in [0.15, 0.2) is 18.1 Å². The predicted molar refractivity (Wildman–Crippen MR) is 115 cm³/mol. The minimum absolute atomic E-state index is 0.304. The number of esters is 1. The molecule has 33 heavy (non-hydrogen) atoms. The lowest BCUT2D eigenvalue weighted by molar-refractivity contribution is -0.154. The first kappa shape index (κ1) is 21.7. The summed E-state index contributed by atoms with van der Waals surface area (Å²) in [4.78, 5) is 50.4. The fraction of sp³-hybridized carbons (Fsp3) is 0.583. The number of nitrogens with zero attached hydrogens (tertiary/aromatic N) is 1. The number of likely N-dealkylation sites (tertiary alicyclic amines) is 1. The highest BCUT2D eigenvalue weighted by molar-refractivity contribution is 6.07. The molecule has 2 heterocycles. The maximum Gasteiger partial charge on any atom is 0.326 e. The summed E-state index contributed by atoms with van der Waals surface area (Å²) in [6, 6.07) is 5.15. The van der Waals surface area contributed by atoms with Gasteiger partial charge in [0.25, 0.3) is 11.7 Å². The first-order valence-electron chi connectivity index (χ1n) is 11.8. The van der Waals surface area contributed by atoms with Crippen molar-refractivity contribution in [2.75, 3.05) is 18.5 Å². The number of nitrogens with one attached hydrogen (secondary N) is 1. The number of anilines is 1. The average molecular weight is 456 g/mol. The number of fused-ring (bicyclic) bond motifs is 2. The van der Waals surface area contributed by atoms with Crippen molar-refractivity contribution in [1.29, 1.82) is 0 Å². The first-order valence-corrected chi connectivity index (χ1v) is 11.8. The third-order valence-corrected chi connectivity index (χ3v) is 7.02. The molecule has 9 nitrogen and oxygen atoms in total. The summed E-state index contributed by atoms with van der Waals surface area (Å²) in [6.45, 7) is -0.968. The van der Waals surface area contributed by atoms with E-state index in [1.54, 1.807) is 18.2 Å². The highest BCUT2D eigenvalue weighted by Gasteiger charge is 2.48. The van der Waals surface area contributed by atoms with E-state index >= 15 is 0 Å². The molecule has 2 aliphatic heterocycles. The minimum atomic E-state index is -0.782. The molecule has 9 heteroatoms. The molecule has 2 aliphatic carbocycles. The van der Waals surface area contributed by atoms with E-state index in [9.17, 15) is 19.2 Å². The largest absolute Gasteiger partial charge is 0.454 e. The van der Waals surface area contributed by atoms with E-state index in [4.69, 9.17) is 14.2 Å². The summed E-state index contributed by atoms with van der Waals surface area (Å²) in [5.41, 5.74) is 0.500. The van der Waals surface area contributed by atoms with Crippen molar-refractivity contribution >= 4 is 29.4 Å². The van der Waals surface area contributed by atoms with Crippen molar-refractivity contribution in [2.24, 2.45) is 11.8 Å². The van der Waals surface area contributed by atoms with Crippen molar-refractivity contribution in [2.45, 2.75) is 63.6 Å². The quantitative estimate of drug-likeness (QED) is 0.536. The number of amides is 3. The van der Waals surface area contributed by atoms with Crippen molar-refractivity contribution in [1.82, 2.24) is 4.90 Å². The lowest BCUT2D eigenvalue weighted by atomic mass is 9.81. The zero-order valence-electron chi connectivity index (χ0n) is 18.5. The van der Waals surface area contributed by atoms with Gasteiger partial charge in [-0.15, -0.1) is 0 Å². The van der Waals surface area contributed by atoms with Crippen LogP contribution in [0.3, 0.4) is 0 Å². The van der Waals surface area contributed by atoms with Crippen LogP contribution in [0.15, 0.2) is 18.2 Å². The van der Waals surface area contributed by atoms with E-state index in [-0.39, 0.29) is 23.7 Å². The Hall–Kier alpha value is -3.10. The first-order chi connectivity index (χ1) is 15.9. The van der Waals surface area contributed by atoms with Crippen LogP contribution in [-0.2, 0) is 23.9 Å². The monoisotopic (exact) mass is 456 g/mol. The van der Waals surface area contributed by atoms with Crippen LogP contribution in [0.2, 0.25) is 0 Å². The van der Waals surface area contributed by atoms with Gasteiger partial charge < -0.3 is 19.5 Å². The fourth-order valence-electron chi connectivity index (χ4n) is 5.37. The Balaban J connectivity index is 1.11. The number of ether oxygens (including phenoxy) is 3. The summed E-state index contributed by atoms with van der Waals surface area (Å²) in [5.74, 6) is -1.91. The van der Waals surface area contributed by atoms with Crippen LogP contribution in [0, 0.1) is 11.8 Å². The summed E-state index contributed by atoms with van der Waals surface area (Å²) in [5, 5.41) is 2.67. The van der Waals surface area contributed by atoms with Gasteiger partial charge in [0.05, 0.1) is 11.8 Å². The van der Waals surface area contributed by atoms with Crippen LogP contribution in [0.1, 0.15) is 57.8 Å². The second-order valence-corrected chi connectivity index (χ2v) is 9.31. The van der Waals surface area contributed by atoms with Gasteiger partial charge >= 0.3 is 5.97 Å². The van der Waals surface area contributed by atoms with E-state index in [0.29, 0.717) is 30.0 Å². The van der Waals surface area contributed by atoms with Crippen LogP contribution in [0.5, 0.6) is 11.5 Å². The average Bonchev–Trinajstić information content (AvgIpc) is 3.28. The molecule has 5 rings (SSSR count). The van der Waals surface area contributed by atoms with Gasteiger partial charge in [0.2, 0.25) is 11.8 Å². The van der Waals surface area contributed by atoms with E-state index < -0.39 is 30.8 Å². The number of carbonyl (C=O) groups is 4. The van der Waals surface area contributed by atoms with Gasteiger partial charge in [-0.05, 0) is 37.8 Å². The third kappa shape index (κ3) is 4.28. The Morgan fingerprint density at radius 1 is 0.970 bits per heavy atom. The number of hydrogen-bond donors (Lipinski definition) is 1. The van der Waals surface area contributed by atoms with Gasteiger partial charge in [-0.3, -0.25) is 24.1 Å². The SMILES string of the molecule is O=C(COC(=O)CN1C(=O)[C@@H]2CCCC[C@H]2C1=O)Nc1ccc2c(c1)OC1(CCCCC1)O2. The molecular weight excluding hydrogens is 428 g/mol. The molecule has 3 amide bonds. The van der Waals surface area contributed by atoms with Gasteiger partial charge in [-0.1, -0.05) is 19.3 Å². The van der Waals surface area contributed by atoms with Gasteiger partial charge in [-0.25, -0.2) is 0 Å². The van der Waals surface area contributed by atoms with Crippen molar-refractivity contribution in [3.8, 4) is 11.5 Å². The lowest BCUT2D eigenvalue weighted by Crippen LogP contribution is -2.40. The molecule has 0 bridgehead atoms. The number of hydrogen-bond acceptors (Lipinski definition) is 7. The Kier molecular flexibility index (Phi) is 5.72. The number of rotatable bonds is 5. The molecule has 2 saturated carbocycles. The maximum atomic E-state index is 12.5. The molecular formula is C24H28N2O7. The standard InChI is InChI=1S/C24H28N2O7/c27-20(14-31-21(28)13-26-22(29)16-6-2-3-7-17(16)23(26)30)25-15-8-9-18-19(12-15)33-24(32-18)10-4-1-5-11-24/h8-9,12,16-17H,1-7,10-11,13-14H2,(H,25,27)/t16-,17-/m1/s1. The van der Waals surface area contributed by atoms with Gasteiger partial charge in [-0.2, -0.15) is 0 Å². The molecule has 1 aromatic rings. The topological polar surface area (TPSA) is 111 Å². The Labute approximate surface area is 191 Å². The van der Waals surface area contributed by atoms with Crippen LogP contribution in [0.4, 0.5) is 5.69 Å². The molecule has 3 fully saturated rings. The summed E-state index contributed by atoms with van der Waals surface area (Å²) >= 11 is 0. The van der Waals surface area contributed by atoms with E-state index in [1.165, 1.54) is 6.42 Å². The van der Waals surface area contributed by atoms with Crippen LogP contribution in [0.25, 0.3) is 0 Å². The minimum Gasteiger partial charge on any atom is -0.454 e. The molecule has 4 aliphatic rings. The molecule has 1 spiro atoms. The second-order valence-electron chi connectivity index (χ2n) is 9.31. The van der Waals surface area contributed by atoms with E-state index in [0.717, 1.165) is 43.4 Å². The molecule has 1 N–H and O–H groups in total. The van der Waals surface area contributed by atoms with Crippen molar-refractivity contribution in [3.05, 3.63) is 18.2 Å². The number of imide groups is 1. The van der Waals surface area contributed by atoms with E-state index in [1.807, 2.05) is 0 Å². The Morgan fingerprint density at radius 2 is 1.64 bits per heavy atom. The van der Waals surface area contributed by atoms with Crippen LogP contribution < -0.4 is 14.8 Å². The van der Waals surface area contributed by atoms with Gasteiger partial charge in [0.1, 0.15) is 6.54 Å². The maximum absolute atomic E-state index is 12.5. The summed E-state index contributed by atoms with van der Waals surface area (Å²) in [7, 11) is 0. The highest BCUT2D eigenvalue weighted by Crippen LogP contribution is 2.46. The smallest absolute Gasteiger partial charge is 0.326 e. The summed E-state index contributed by atoms with van der Waals surface area (Å²) < 4.78 is 17.1. The van der Waals surface area contributed by atoms with E-state index in [2.05, 4.69) is 5.32 Å². The lowest BCUT2D eigenvalue weighted by Gasteiger charge is -2.31. The van der Waals surface area contributed by atoms with Gasteiger partial charge in [0, 0.05) is 24.6 Å². The number of benzene rings is 1. The highest BCUT2D eigenvalue weighted by atomic mass is 16.7. The molecule has 1 aromatic carbocycles. The molecule has 0 radical (unpaired) electrons.